The number of halogens is 1. The van der Waals surface area contributed by atoms with Gasteiger partial charge >= 0.3 is 5.97 Å². The van der Waals surface area contributed by atoms with Gasteiger partial charge in [-0.2, -0.15) is 0 Å². The lowest BCUT2D eigenvalue weighted by atomic mass is 10.0. The maximum Gasteiger partial charge on any atom is 0.333 e. The zero-order valence-corrected chi connectivity index (χ0v) is 11.5. The van der Waals surface area contributed by atoms with E-state index in [2.05, 4.69) is 5.32 Å². The summed E-state index contributed by atoms with van der Waals surface area (Å²) in [6.07, 6.45) is 0. The van der Waals surface area contributed by atoms with Crippen LogP contribution in [-0.2, 0) is 14.3 Å². The van der Waals surface area contributed by atoms with Crippen LogP contribution in [0.4, 0.5) is 10.1 Å². The Kier molecular flexibility index (Phi) is 5.76. The third kappa shape index (κ3) is 4.52. The number of benzene rings is 1. The largest absolute Gasteiger partial charge is 0.464 e. The average molecular weight is 269 g/mol. The summed E-state index contributed by atoms with van der Waals surface area (Å²) in [7, 11) is 0. The van der Waals surface area contributed by atoms with Crippen molar-refractivity contribution in [1.29, 1.82) is 0 Å². The monoisotopic (exact) mass is 269 g/mol. The van der Waals surface area contributed by atoms with Crippen molar-refractivity contribution >= 4 is 11.7 Å². The highest BCUT2D eigenvalue weighted by Crippen LogP contribution is 2.18. The third-order valence-corrected chi connectivity index (χ3v) is 2.57. The summed E-state index contributed by atoms with van der Waals surface area (Å²) in [6, 6.07) is 5.93. The molecule has 0 saturated carbocycles. The molecule has 1 N–H and O–H groups in total. The summed E-state index contributed by atoms with van der Waals surface area (Å²) in [6.45, 7) is 6.17. The normalized spacial score (nSPS) is 13.7. The molecule has 0 bridgehead atoms. The van der Waals surface area contributed by atoms with Gasteiger partial charge in [-0.15, -0.1) is 0 Å². The van der Waals surface area contributed by atoms with Gasteiger partial charge in [0.05, 0.1) is 13.2 Å². The van der Waals surface area contributed by atoms with Crippen molar-refractivity contribution in [1.82, 2.24) is 0 Å². The van der Waals surface area contributed by atoms with Crippen LogP contribution in [0, 0.1) is 5.82 Å². The Morgan fingerprint density at radius 2 is 2.11 bits per heavy atom. The molecule has 1 aromatic carbocycles. The average Bonchev–Trinajstić information content (AvgIpc) is 2.36. The minimum Gasteiger partial charge on any atom is -0.464 e. The molecular weight excluding hydrogens is 249 g/mol. The van der Waals surface area contributed by atoms with Crippen LogP contribution >= 0.6 is 0 Å². The number of hydrogen-bond donors (Lipinski definition) is 1. The first-order valence-electron chi connectivity index (χ1n) is 6.30. The lowest BCUT2D eigenvalue weighted by Gasteiger charge is -2.29. The van der Waals surface area contributed by atoms with E-state index in [4.69, 9.17) is 9.47 Å². The molecule has 0 aliphatic rings. The number of ether oxygens (including phenoxy) is 2. The first kappa shape index (κ1) is 15.4. The minimum absolute atomic E-state index is 0.152. The second kappa shape index (κ2) is 7.09. The third-order valence-electron chi connectivity index (χ3n) is 2.57. The van der Waals surface area contributed by atoms with Gasteiger partial charge in [0.25, 0.3) is 0 Å². The van der Waals surface area contributed by atoms with E-state index >= 15 is 0 Å². The molecule has 1 rings (SSSR count). The molecular formula is C14H20FNO3. The van der Waals surface area contributed by atoms with Crippen LogP contribution in [0.3, 0.4) is 0 Å². The standard InChI is InChI=1S/C14H20FNO3/c1-4-18-10-14(3,13(17)19-5-2)16-12-8-6-7-11(15)9-12/h6-9,16H,4-5,10H2,1-3H3. The zero-order chi connectivity index (χ0) is 14.3. The summed E-state index contributed by atoms with van der Waals surface area (Å²) in [5.74, 6) is -0.791. The van der Waals surface area contributed by atoms with Gasteiger partial charge < -0.3 is 14.8 Å². The molecule has 4 nitrogen and oxygen atoms in total. The first-order chi connectivity index (χ1) is 9.01. The molecule has 0 radical (unpaired) electrons. The highest BCUT2D eigenvalue weighted by atomic mass is 19.1. The van der Waals surface area contributed by atoms with E-state index in [0.29, 0.717) is 12.3 Å². The van der Waals surface area contributed by atoms with Crippen molar-refractivity contribution in [3.63, 3.8) is 0 Å². The van der Waals surface area contributed by atoms with E-state index in [9.17, 15) is 9.18 Å². The van der Waals surface area contributed by atoms with Gasteiger partial charge in [-0.3, -0.25) is 0 Å². The summed E-state index contributed by atoms with van der Waals surface area (Å²) in [5, 5.41) is 2.98. The predicted molar refractivity (Wildman–Crippen MR) is 71.6 cm³/mol. The maximum absolute atomic E-state index is 13.2. The zero-order valence-electron chi connectivity index (χ0n) is 11.5. The molecule has 0 amide bonds. The molecule has 1 aromatic rings. The predicted octanol–water partition coefficient (Wildman–Crippen LogP) is 2.60. The highest BCUT2D eigenvalue weighted by Gasteiger charge is 2.35. The lowest BCUT2D eigenvalue weighted by Crippen LogP contribution is -2.48. The van der Waals surface area contributed by atoms with E-state index in [1.165, 1.54) is 12.1 Å². The summed E-state index contributed by atoms with van der Waals surface area (Å²) in [4.78, 5) is 12.0. The fourth-order valence-electron chi connectivity index (χ4n) is 1.63. The van der Waals surface area contributed by atoms with E-state index in [-0.39, 0.29) is 19.0 Å². The van der Waals surface area contributed by atoms with E-state index in [1.54, 1.807) is 26.0 Å². The quantitative estimate of drug-likeness (QED) is 0.773. The van der Waals surface area contributed by atoms with Crippen LogP contribution in [0.15, 0.2) is 24.3 Å². The maximum atomic E-state index is 13.2. The van der Waals surface area contributed by atoms with E-state index in [1.807, 2.05) is 6.92 Å². The summed E-state index contributed by atoms with van der Waals surface area (Å²) in [5.41, 5.74) is -0.532. The molecule has 0 spiro atoms. The number of rotatable bonds is 7. The summed E-state index contributed by atoms with van der Waals surface area (Å²) < 4.78 is 23.5. The number of anilines is 1. The second-order valence-corrected chi connectivity index (χ2v) is 4.33. The van der Waals surface area contributed by atoms with Gasteiger partial charge in [0, 0.05) is 12.3 Å². The lowest BCUT2D eigenvalue weighted by molar-refractivity contribution is -0.150. The van der Waals surface area contributed by atoms with Gasteiger partial charge in [-0.05, 0) is 39.0 Å². The number of hydrogen-bond acceptors (Lipinski definition) is 4. The van der Waals surface area contributed by atoms with Crippen LogP contribution in [0.25, 0.3) is 0 Å². The Morgan fingerprint density at radius 1 is 1.37 bits per heavy atom. The van der Waals surface area contributed by atoms with E-state index < -0.39 is 11.5 Å². The van der Waals surface area contributed by atoms with Crippen molar-refractivity contribution in [2.75, 3.05) is 25.1 Å². The SMILES string of the molecule is CCOCC(C)(Nc1cccc(F)c1)C(=O)OCC. The van der Waals surface area contributed by atoms with Crippen molar-refractivity contribution < 1.29 is 18.7 Å². The fraction of sp³-hybridized carbons (Fsp3) is 0.500. The number of carbonyl (C=O) groups is 1. The van der Waals surface area contributed by atoms with Crippen molar-refractivity contribution in [3.05, 3.63) is 30.1 Å². The molecule has 0 aliphatic carbocycles. The highest BCUT2D eigenvalue weighted by molar-refractivity contribution is 5.84. The van der Waals surface area contributed by atoms with Crippen LogP contribution in [0.5, 0.6) is 0 Å². The van der Waals surface area contributed by atoms with Gasteiger partial charge in [0.15, 0.2) is 5.54 Å². The Labute approximate surface area is 112 Å². The van der Waals surface area contributed by atoms with Gasteiger partial charge in [0.1, 0.15) is 5.82 Å². The van der Waals surface area contributed by atoms with Crippen LogP contribution in [0.2, 0.25) is 0 Å². The molecule has 0 aliphatic heterocycles. The fourth-order valence-corrected chi connectivity index (χ4v) is 1.63. The first-order valence-corrected chi connectivity index (χ1v) is 6.30. The van der Waals surface area contributed by atoms with Crippen LogP contribution in [-0.4, -0.2) is 31.3 Å². The van der Waals surface area contributed by atoms with Crippen LogP contribution < -0.4 is 5.32 Å². The molecule has 0 fully saturated rings. The van der Waals surface area contributed by atoms with E-state index in [0.717, 1.165) is 0 Å². The smallest absolute Gasteiger partial charge is 0.333 e. The molecule has 0 heterocycles. The summed E-state index contributed by atoms with van der Waals surface area (Å²) >= 11 is 0. The molecule has 1 atom stereocenters. The second-order valence-electron chi connectivity index (χ2n) is 4.33. The molecule has 106 valence electrons. The number of carbonyl (C=O) groups excluding carboxylic acids is 1. The van der Waals surface area contributed by atoms with Crippen LogP contribution in [0.1, 0.15) is 20.8 Å². The topological polar surface area (TPSA) is 47.6 Å². The Hall–Kier alpha value is -1.62. The number of esters is 1. The van der Waals surface area contributed by atoms with Gasteiger partial charge in [0.2, 0.25) is 0 Å². The molecule has 5 heteroatoms. The Morgan fingerprint density at radius 3 is 2.68 bits per heavy atom. The van der Waals surface area contributed by atoms with Crippen molar-refractivity contribution in [2.24, 2.45) is 0 Å². The molecule has 19 heavy (non-hydrogen) atoms. The molecule has 0 aromatic heterocycles. The van der Waals surface area contributed by atoms with Crippen molar-refractivity contribution in [3.8, 4) is 0 Å². The Bertz CT molecular complexity index is 425. The minimum atomic E-state index is -1.04. The Balaban J connectivity index is 2.87. The molecule has 0 saturated heterocycles. The van der Waals surface area contributed by atoms with Gasteiger partial charge in [-0.25, -0.2) is 9.18 Å². The van der Waals surface area contributed by atoms with Gasteiger partial charge in [-0.1, -0.05) is 6.07 Å². The van der Waals surface area contributed by atoms with Crippen molar-refractivity contribution in [2.45, 2.75) is 26.3 Å². The molecule has 1 unspecified atom stereocenters. The number of nitrogens with one attached hydrogen (secondary N) is 1.